The molecule has 21 heavy (non-hydrogen) atoms. The fourth-order valence-electron chi connectivity index (χ4n) is 1.80. The molecule has 0 unspecified atom stereocenters. The third kappa shape index (κ3) is 3.98. The van der Waals surface area contributed by atoms with Crippen LogP contribution >= 0.6 is 31.9 Å². The monoisotopic (exact) mass is 413 g/mol. The lowest BCUT2D eigenvalue weighted by atomic mass is 10.2. The molecule has 0 saturated heterocycles. The van der Waals surface area contributed by atoms with E-state index in [1.54, 1.807) is 37.4 Å². The van der Waals surface area contributed by atoms with Crippen molar-refractivity contribution in [2.24, 2.45) is 0 Å². The normalized spacial score (nSPS) is 10.1. The molecule has 0 atom stereocenters. The minimum absolute atomic E-state index is 0.250. The number of hydrogen-bond donors (Lipinski definition) is 1. The molecule has 0 aliphatic rings. The van der Waals surface area contributed by atoms with Crippen molar-refractivity contribution in [3.8, 4) is 11.5 Å². The third-order valence-corrected chi connectivity index (χ3v) is 3.72. The maximum atomic E-state index is 12.4. The number of carbonyl (C=O) groups excluding carboxylic acids is 1. The van der Waals surface area contributed by atoms with E-state index in [1.807, 2.05) is 6.07 Å². The Balaban J connectivity index is 2.28. The van der Waals surface area contributed by atoms with E-state index in [0.717, 1.165) is 8.95 Å². The van der Waals surface area contributed by atoms with Crippen LogP contribution in [0.3, 0.4) is 0 Å². The Labute approximate surface area is 139 Å². The lowest BCUT2D eigenvalue weighted by Gasteiger charge is -2.11. The zero-order chi connectivity index (χ0) is 15.4. The van der Waals surface area contributed by atoms with E-state index in [1.165, 1.54) is 7.11 Å². The van der Waals surface area contributed by atoms with Gasteiger partial charge in [-0.05, 0) is 30.3 Å². The SMILES string of the molecule is COc1cc(Br)cc(NC(=O)c2ccc(Br)cc2OC)c1. The molecule has 4 nitrogen and oxygen atoms in total. The molecule has 0 aliphatic heterocycles. The molecule has 0 aliphatic carbocycles. The topological polar surface area (TPSA) is 47.6 Å². The number of halogens is 2. The molecule has 0 aromatic heterocycles. The Morgan fingerprint density at radius 3 is 2.43 bits per heavy atom. The van der Waals surface area contributed by atoms with Gasteiger partial charge in [0, 0.05) is 20.7 Å². The van der Waals surface area contributed by atoms with Gasteiger partial charge in [0.05, 0.1) is 19.8 Å². The number of anilines is 1. The molecule has 0 bridgehead atoms. The Hall–Kier alpha value is -1.53. The molecule has 0 heterocycles. The smallest absolute Gasteiger partial charge is 0.259 e. The Bertz CT molecular complexity index is 674. The van der Waals surface area contributed by atoms with E-state index in [9.17, 15) is 4.79 Å². The Kier molecular flexibility index (Phi) is 5.25. The van der Waals surface area contributed by atoms with Gasteiger partial charge in [-0.25, -0.2) is 0 Å². The molecule has 1 amide bonds. The molecular formula is C15H13Br2NO3. The van der Waals surface area contributed by atoms with Gasteiger partial charge in [0.1, 0.15) is 11.5 Å². The molecule has 6 heteroatoms. The van der Waals surface area contributed by atoms with Crippen molar-refractivity contribution in [3.63, 3.8) is 0 Å². The summed E-state index contributed by atoms with van der Waals surface area (Å²) in [6.07, 6.45) is 0. The summed E-state index contributed by atoms with van der Waals surface area (Å²) in [5, 5.41) is 2.82. The van der Waals surface area contributed by atoms with Crippen molar-refractivity contribution in [1.82, 2.24) is 0 Å². The molecule has 110 valence electrons. The first kappa shape index (κ1) is 15.9. The van der Waals surface area contributed by atoms with Crippen molar-refractivity contribution < 1.29 is 14.3 Å². The van der Waals surface area contributed by atoms with Crippen molar-refractivity contribution >= 4 is 43.5 Å². The number of carbonyl (C=O) groups is 1. The number of ether oxygens (including phenoxy) is 2. The van der Waals surface area contributed by atoms with Crippen LogP contribution < -0.4 is 14.8 Å². The van der Waals surface area contributed by atoms with E-state index < -0.39 is 0 Å². The van der Waals surface area contributed by atoms with Crippen LogP contribution in [0.1, 0.15) is 10.4 Å². The fraction of sp³-hybridized carbons (Fsp3) is 0.133. The standard InChI is InChI=1S/C15H13Br2NO3/c1-20-12-6-10(17)5-11(8-12)18-15(19)13-4-3-9(16)7-14(13)21-2/h3-8H,1-2H3,(H,18,19). The number of nitrogens with one attached hydrogen (secondary N) is 1. The van der Waals surface area contributed by atoms with Gasteiger partial charge in [-0.15, -0.1) is 0 Å². The summed E-state index contributed by atoms with van der Waals surface area (Å²) >= 11 is 6.72. The van der Waals surface area contributed by atoms with Gasteiger partial charge in [-0.3, -0.25) is 4.79 Å². The maximum Gasteiger partial charge on any atom is 0.259 e. The van der Waals surface area contributed by atoms with Crippen LogP contribution in [0, 0.1) is 0 Å². The third-order valence-electron chi connectivity index (χ3n) is 2.77. The molecule has 2 rings (SSSR count). The lowest BCUT2D eigenvalue weighted by molar-refractivity contribution is 0.102. The number of hydrogen-bond acceptors (Lipinski definition) is 3. The average Bonchev–Trinajstić information content (AvgIpc) is 2.46. The molecule has 1 N–H and O–H groups in total. The van der Waals surface area contributed by atoms with E-state index in [2.05, 4.69) is 37.2 Å². The molecule has 2 aromatic carbocycles. The van der Waals surface area contributed by atoms with Crippen molar-refractivity contribution in [3.05, 3.63) is 50.9 Å². The van der Waals surface area contributed by atoms with Gasteiger partial charge in [0.15, 0.2) is 0 Å². The van der Waals surface area contributed by atoms with Crippen LogP contribution in [-0.2, 0) is 0 Å². The zero-order valence-corrected chi connectivity index (χ0v) is 14.6. The number of rotatable bonds is 4. The van der Waals surface area contributed by atoms with E-state index in [0.29, 0.717) is 22.7 Å². The highest BCUT2D eigenvalue weighted by atomic mass is 79.9. The van der Waals surface area contributed by atoms with Crippen LogP contribution in [-0.4, -0.2) is 20.1 Å². The Morgan fingerprint density at radius 2 is 1.76 bits per heavy atom. The van der Waals surface area contributed by atoms with Crippen molar-refractivity contribution in [1.29, 1.82) is 0 Å². The van der Waals surface area contributed by atoms with Gasteiger partial charge < -0.3 is 14.8 Å². The van der Waals surface area contributed by atoms with Crippen molar-refractivity contribution in [2.45, 2.75) is 0 Å². The molecule has 2 aromatic rings. The van der Waals surface area contributed by atoms with Gasteiger partial charge in [-0.2, -0.15) is 0 Å². The van der Waals surface area contributed by atoms with E-state index >= 15 is 0 Å². The molecule has 0 radical (unpaired) electrons. The molecule has 0 fully saturated rings. The summed E-state index contributed by atoms with van der Waals surface area (Å²) in [7, 11) is 3.10. The molecule has 0 spiro atoms. The molecular weight excluding hydrogens is 402 g/mol. The van der Waals surface area contributed by atoms with Gasteiger partial charge in [0.2, 0.25) is 0 Å². The van der Waals surface area contributed by atoms with Crippen LogP contribution in [0.25, 0.3) is 0 Å². The number of methoxy groups -OCH3 is 2. The van der Waals surface area contributed by atoms with Crippen LogP contribution in [0.15, 0.2) is 45.3 Å². The first-order chi connectivity index (χ1) is 10.0. The summed E-state index contributed by atoms with van der Waals surface area (Å²) in [4.78, 5) is 12.4. The minimum atomic E-state index is -0.250. The number of benzene rings is 2. The number of amides is 1. The average molecular weight is 415 g/mol. The minimum Gasteiger partial charge on any atom is -0.497 e. The predicted molar refractivity (Wildman–Crippen MR) is 89.3 cm³/mol. The summed E-state index contributed by atoms with van der Waals surface area (Å²) in [6.45, 7) is 0. The highest BCUT2D eigenvalue weighted by Crippen LogP contribution is 2.27. The van der Waals surface area contributed by atoms with Gasteiger partial charge in [-0.1, -0.05) is 31.9 Å². The second kappa shape index (κ2) is 6.95. The van der Waals surface area contributed by atoms with Crippen molar-refractivity contribution in [2.75, 3.05) is 19.5 Å². The van der Waals surface area contributed by atoms with Crippen LogP contribution in [0.4, 0.5) is 5.69 Å². The largest absolute Gasteiger partial charge is 0.497 e. The predicted octanol–water partition coefficient (Wildman–Crippen LogP) is 4.48. The Morgan fingerprint density at radius 1 is 1.00 bits per heavy atom. The first-order valence-electron chi connectivity index (χ1n) is 6.03. The van der Waals surface area contributed by atoms with E-state index in [4.69, 9.17) is 9.47 Å². The first-order valence-corrected chi connectivity index (χ1v) is 7.61. The summed E-state index contributed by atoms with van der Waals surface area (Å²) in [6, 6.07) is 10.6. The van der Waals surface area contributed by atoms with Gasteiger partial charge in [0.25, 0.3) is 5.91 Å². The lowest BCUT2D eigenvalue weighted by Crippen LogP contribution is -2.13. The zero-order valence-electron chi connectivity index (χ0n) is 11.4. The van der Waals surface area contributed by atoms with Gasteiger partial charge >= 0.3 is 0 Å². The summed E-state index contributed by atoms with van der Waals surface area (Å²) in [5.41, 5.74) is 1.09. The fourth-order valence-corrected chi connectivity index (χ4v) is 2.62. The highest BCUT2D eigenvalue weighted by molar-refractivity contribution is 9.10. The summed E-state index contributed by atoms with van der Waals surface area (Å²) < 4.78 is 12.1. The second-order valence-corrected chi connectivity index (χ2v) is 6.01. The second-order valence-electron chi connectivity index (χ2n) is 4.18. The van der Waals surface area contributed by atoms with E-state index in [-0.39, 0.29) is 5.91 Å². The highest BCUT2D eigenvalue weighted by Gasteiger charge is 2.13. The van der Waals surface area contributed by atoms with Crippen LogP contribution in [0.5, 0.6) is 11.5 Å². The summed E-state index contributed by atoms with van der Waals surface area (Å²) in [5.74, 6) is 0.908. The quantitative estimate of drug-likeness (QED) is 0.802. The maximum absolute atomic E-state index is 12.4. The van der Waals surface area contributed by atoms with Crippen LogP contribution in [0.2, 0.25) is 0 Å². The molecule has 0 saturated carbocycles.